The first-order valence-electron chi connectivity index (χ1n) is 8.39. The van der Waals surface area contributed by atoms with E-state index in [1.54, 1.807) is 0 Å². The van der Waals surface area contributed by atoms with E-state index in [1.165, 1.54) is 0 Å². The standard InChI is InChI=1S/C17H25BrN4O2/c1-2-9-19-16(23)12-22-10-7-13(8-11-22)20-17(24)21-15-6-4-3-5-14(15)18/h3-6,13H,2,7-12H2,1H3,(H,19,23)(H2,20,21,24). The number of nitrogens with zero attached hydrogens (tertiary/aromatic N) is 1. The van der Waals surface area contributed by atoms with E-state index in [-0.39, 0.29) is 18.0 Å². The van der Waals surface area contributed by atoms with E-state index in [4.69, 9.17) is 0 Å². The molecule has 1 heterocycles. The quantitative estimate of drug-likeness (QED) is 0.691. The number of para-hydroxylation sites is 1. The summed E-state index contributed by atoms with van der Waals surface area (Å²) in [5.74, 6) is 0.0786. The van der Waals surface area contributed by atoms with Gasteiger partial charge in [0.25, 0.3) is 0 Å². The fraction of sp³-hybridized carbons (Fsp3) is 0.529. The van der Waals surface area contributed by atoms with Crippen molar-refractivity contribution in [3.8, 4) is 0 Å². The molecular weight excluding hydrogens is 372 g/mol. The van der Waals surface area contributed by atoms with Crippen molar-refractivity contribution in [1.29, 1.82) is 0 Å². The van der Waals surface area contributed by atoms with Gasteiger partial charge in [-0.3, -0.25) is 9.69 Å². The van der Waals surface area contributed by atoms with Crippen LogP contribution >= 0.6 is 15.9 Å². The minimum absolute atomic E-state index is 0.0786. The van der Waals surface area contributed by atoms with Crippen LogP contribution < -0.4 is 16.0 Å². The molecule has 0 aromatic heterocycles. The molecule has 1 aromatic rings. The molecule has 0 unspecified atom stereocenters. The Balaban J connectivity index is 1.70. The molecule has 0 spiro atoms. The minimum atomic E-state index is -0.193. The summed E-state index contributed by atoms with van der Waals surface area (Å²) in [7, 11) is 0. The number of carbonyl (C=O) groups is 2. The second kappa shape index (κ2) is 9.64. The van der Waals surface area contributed by atoms with Gasteiger partial charge in [0, 0.05) is 30.1 Å². The molecule has 24 heavy (non-hydrogen) atoms. The molecule has 3 amide bonds. The summed E-state index contributed by atoms with van der Waals surface area (Å²) < 4.78 is 0.855. The van der Waals surface area contributed by atoms with Gasteiger partial charge in [-0.25, -0.2) is 4.79 Å². The van der Waals surface area contributed by atoms with Gasteiger partial charge in [0.15, 0.2) is 0 Å². The molecular formula is C17H25BrN4O2. The molecule has 1 aliphatic heterocycles. The number of likely N-dealkylation sites (tertiary alicyclic amines) is 1. The second-order valence-corrected chi connectivity index (χ2v) is 6.83. The Morgan fingerprint density at radius 2 is 1.96 bits per heavy atom. The van der Waals surface area contributed by atoms with E-state index < -0.39 is 0 Å². The number of piperidine rings is 1. The van der Waals surface area contributed by atoms with Gasteiger partial charge in [-0.2, -0.15) is 0 Å². The molecule has 1 aliphatic rings. The van der Waals surface area contributed by atoms with Crippen LogP contribution in [0.15, 0.2) is 28.7 Å². The Labute approximate surface area is 151 Å². The summed E-state index contributed by atoms with van der Waals surface area (Å²) in [6.07, 6.45) is 2.65. The maximum Gasteiger partial charge on any atom is 0.319 e. The van der Waals surface area contributed by atoms with Crippen molar-refractivity contribution in [2.75, 3.05) is 31.5 Å². The normalized spacial score (nSPS) is 15.8. The Bertz CT molecular complexity index is 559. The van der Waals surface area contributed by atoms with Crippen molar-refractivity contribution in [2.45, 2.75) is 32.2 Å². The van der Waals surface area contributed by atoms with Crippen LogP contribution in [0.2, 0.25) is 0 Å². The van der Waals surface area contributed by atoms with Crippen LogP contribution in [0.5, 0.6) is 0 Å². The van der Waals surface area contributed by atoms with Crippen LogP contribution in [-0.2, 0) is 4.79 Å². The van der Waals surface area contributed by atoms with E-state index in [9.17, 15) is 9.59 Å². The Kier molecular flexibility index (Phi) is 7.52. The summed E-state index contributed by atoms with van der Waals surface area (Å²) in [4.78, 5) is 26.0. The highest BCUT2D eigenvalue weighted by Crippen LogP contribution is 2.21. The number of urea groups is 1. The summed E-state index contributed by atoms with van der Waals surface area (Å²) in [5.41, 5.74) is 0.750. The lowest BCUT2D eigenvalue weighted by molar-refractivity contribution is -0.122. The number of halogens is 1. The average molecular weight is 397 g/mol. The predicted molar refractivity (Wildman–Crippen MR) is 99.1 cm³/mol. The number of nitrogens with one attached hydrogen (secondary N) is 3. The third-order valence-electron chi connectivity index (χ3n) is 3.98. The van der Waals surface area contributed by atoms with Crippen LogP contribution in [0.25, 0.3) is 0 Å². The average Bonchev–Trinajstić information content (AvgIpc) is 2.57. The topological polar surface area (TPSA) is 73.5 Å². The van der Waals surface area contributed by atoms with Gasteiger partial charge in [-0.1, -0.05) is 19.1 Å². The second-order valence-electron chi connectivity index (χ2n) is 5.98. The molecule has 2 rings (SSSR count). The van der Waals surface area contributed by atoms with Gasteiger partial charge in [0.2, 0.25) is 5.91 Å². The SMILES string of the molecule is CCCNC(=O)CN1CCC(NC(=O)Nc2ccccc2Br)CC1. The van der Waals surface area contributed by atoms with E-state index in [0.717, 1.165) is 49.1 Å². The van der Waals surface area contributed by atoms with Crippen LogP contribution in [0.1, 0.15) is 26.2 Å². The number of hydrogen-bond donors (Lipinski definition) is 3. The third-order valence-corrected chi connectivity index (χ3v) is 4.68. The Morgan fingerprint density at radius 3 is 2.62 bits per heavy atom. The van der Waals surface area contributed by atoms with E-state index in [2.05, 4.69) is 36.8 Å². The lowest BCUT2D eigenvalue weighted by Gasteiger charge is -2.31. The van der Waals surface area contributed by atoms with Crippen LogP contribution in [0.4, 0.5) is 10.5 Å². The first kappa shape index (κ1) is 18.7. The van der Waals surface area contributed by atoms with Crippen molar-refractivity contribution in [1.82, 2.24) is 15.5 Å². The lowest BCUT2D eigenvalue weighted by atomic mass is 10.1. The van der Waals surface area contributed by atoms with Crippen molar-refractivity contribution in [2.24, 2.45) is 0 Å². The van der Waals surface area contributed by atoms with E-state index in [1.807, 2.05) is 31.2 Å². The molecule has 0 saturated carbocycles. The number of amides is 3. The van der Waals surface area contributed by atoms with Crippen molar-refractivity contribution in [3.05, 3.63) is 28.7 Å². The molecule has 3 N–H and O–H groups in total. The molecule has 1 fully saturated rings. The third kappa shape index (κ3) is 6.13. The zero-order chi connectivity index (χ0) is 17.4. The van der Waals surface area contributed by atoms with Crippen LogP contribution in [0.3, 0.4) is 0 Å². The van der Waals surface area contributed by atoms with Crippen molar-refractivity contribution >= 4 is 33.6 Å². The molecule has 6 nitrogen and oxygen atoms in total. The number of carbonyl (C=O) groups excluding carboxylic acids is 2. The largest absolute Gasteiger partial charge is 0.355 e. The molecule has 7 heteroatoms. The molecule has 1 aromatic carbocycles. The van der Waals surface area contributed by atoms with Gasteiger partial charge in [0.1, 0.15) is 0 Å². The summed E-state index contributed by atoms with van der Waals surface area (Å²) in [6, 6.07) is 7.46. The van der Waals surface area contributed by atoms with Gasteiger partial charge >= 0.3 is 6.03 Å². The zero-order valence-electron chi connectivity index (χ0n) is 14.0. The molecule has 1 saturated heterocycles. The molecule has 132 valence electrons. The molecule has 0 atom stereocenters. The highest BCUT2D eigenvalue weighted by molar-refractivity contribution is 9.10. The maximum absolute atomic E-state index is 12.1. The minimum Gasteiger partial charge on any atom is -0.355 e. The monoisotopic (exact) mass is 396 g/mol. The zero-order valence-corrected chi connectivity index (χ0v) is 15.6. The van der Waals surface area contributed by atoms with Crippen LogP contribution in [-0.4, -0.2) is 49.1 Å². The number of hydrogen-bond acceptors (Lipinski definition) is 3. The predicted octanol–water partition coefficient (Wildman–Crippen LogP) is 2.56. The van der Waals surface area contributed by atoms with Gasteiger partial charge < -0.3 is 16.0 Å². The van der Waals surface area contributed by atoms with Crippen molar-refractivity contribution in [3.63, 3.8) is 0 Å². The van der Waals surface area contributed by atoms with Gasteiger partial charge in [0.05, 0.1) is 12.2 Å². The maximum atomic E-state index is 12.1. The Morgan fingerprint density at radius 1 is 1.25 bits per heavy atom. The van der Waals surface area contributed by atoms with Crippen LogP contribution in [0, 0.1) is 0 Å². The summed E-state index contributed by atoms with van der Waals surface area (Å²) in [5, 5.41) is 8.74. The smallest absolute Gasteiger partial charge is 0.319 e. The highest BCUT2D eigenvalue weighted by Gasteiger charge is 2.22. The summed E-state index contributed by atoms with van der Waals surface area (Å²) in [6.45, 7) is 4.84. The number of rotatable bonds is 6. The number of anilines is 1. The summed E-state index contributed by atoms with van der Waals surface area (Å²) >= 11 is 3.41. The lowest BCUT2D eigenvalue weighted by Crippen LogP contribution is -2.48. The van der Waals surface area contributed by atoms with Crippen molar-refractivity contribution < 1.29 is 9.59 Å². The Hall–Kier alpha value is -1.60. The fourth-order valence-corrected chi connectivity index (χ4v) is 3.05. The van der Waals surface area contributed by atoms with Gasteiger partial charge in [-0.15, -0.1) is 0 Å². The highest BCUT2D eigenvalue weighted by atomic mass is 79.9. The van der Waals surface area contributed by atoms with E-state index in [0.29, 0.717) is 6.54 Å². The van der Waals surface area contributed by atoms with E-state index >= 15 is 0 Å². The fourth-order valence-electron chi connectivity index (χ4n) is 2.67. The first-order chi connectivity index (χ1) is 11.6. The molecule has 0 aliphatic carbocycles. The number of benzene rings is 1. The molecule has 0 radical (unpaired) electrons. The van der Waals surface area contributed by atoms with Gasteiger partial charge in [-0.05, 0) is 47.3 Å². The molecule has 0 bridgehead atoms. The first-order valence-corrected chi connectivity index (χ1v) is 9.19.